The molecule has 1 atom stereocenters. The number of benzene rings is 1. The van der Waals surface area contributed by atoms with E-state index in [9.17, 15) is 4.79 Å². The molecule has 2 rings (SSSR count). The highest BCUT2D eigenvalue weighted by Crippen LogP contribution is 2.28. The van der Waals surface area contributed by atoms with Crippen LogP contribution in [0.2, 0.25) is 5.02 Å². The Hall–Kier alpha value is -0.540. The van der Waals surface area contributed by atoms with Crippen molar-refractivity contribution in [3.8, 4) is 0 Å². The maximum absolute atomic E-state index is 12.5. The zero-order valence-electron chi connectivity index (χ0n) is 10.6. The summed E-state index contributed by atoms with van der Waals surface area (Å²) >= 11 is 9.39. The molecule has 2 nitrogen and oxygen atoms in total. The Morgan fingerprint density at radius 3 is 2.83 bits per heavy atom. The topological polar surface area (TPSA) is 20.3 Å². The Morgan fingerprint density at radius 1 is 1.50 bits per heavy atom. The summed E-state index contributed by atoms with van der Waals surface area (Å²) in [7, 11) is 0. The second kappa shape index (κ2) is 5.62. The van der Waals surface area contributed by atoms with Crippen LogP contribution in [0.3, 0.4) is 0 Å². The summed E-state index contributed by atoms with van der Waals surface area (Å²) in [5.74, 6) is 0.600. The van der Waals surface area contributed by atoms with Crippen LogP contribution in [0.1, 0.15) is 37.0 Å². The van der Waals surface area contributed by atoms with E-state index < -0.39 is 0 Å². The van der Waals surface area contributed by atoms with Gasteiger partial charge in [0.25, 0.3) is 5.91 Å². The normalized spacial score (nSPS) is 19.6. The third-order valence-electron chi connectivity index (χ3n) is 3.50. The molecular weight excluding hydrogens is 314 g/mol. The second-order valence-electron chi connectivity index (χ2n) is 5.08. The Labute approximate surface area is 121 Å². The highest BCUT2D eigenvalue weighted by Gasteiger charge is 2.31. The van der Waals surface area contributed by atoms with Gasteiger partial charge in [0.1, 0.15) is 0 Å². The maximum atomic E-state index is 12.5. The van der Waals surface area contributed by atoms with Crippen LogP contribution >= 0.6 is 27.5 Å². The summed E-state index contributed by atoms with van der Waals surface area (Å²) in [5.41, 5.74) is 0.677. The Morgan fingerprint density at radius 2 is 2.22 bits per heavy atom. The molecule has 1 fully saturated rings. The van der Waals surface area contributed by atoms with Crippen molar-refractivity contribution >= 4 is 33.4 Å². The monoisotopic (exact) mass is 329 g/mol. The van der Waals surface area contributed by atoms with Crippen LogP contribution in [0, 0.1) is 5.92 Å². The smallest absolute Gasteiger partial charge is 0.254 e. The van der Waals surface area contributed by atoms with Crippen molar-refractivity contribution < 1.29 is 4.79 Å². The fraction of sp³-hybridized carbons (Fsp3) is 0.500. The molecule has 0 aromatic heterocycles. The van der Waals surface area contributed by atoms with Crippen molar-refractivity contribution in [2.24, 2.45) is 5.92 Å². The molecule has 98 valence electrons. The average Bonchev–Trinajstić information content (AvgIpc) is 2.81. The molecule has 1 heterocycles. The van der Waals surface area contributed by atoms with E-state index >= 15 is 0 Å². The molecular formula is C14H17BrClNO. The zero-order chi connectivity index (χ0) is 13.3. The number of hydrogen-bond donors (Lipinski definition) is 0. The van der Waals surface area contributed by atoms with Gasteiger partial charge >= 0.3 is 0 Å². The number of nitrogens with zero attached hydrogens (tertiary/aromatic N) is 1. The quantitative estimate of drug-likeness (QED) is 0.789. The van der Waals surface area contributed by atoms with E-state index in [1.165, 1.54) is 0 Å². The average molecular weight is 331 g/mol. The van der Waals surface area contributed by atoms with Crippen molar-refractivity contribution in [1.82, 2.24) is 4.90 Å². The lowest BCUT2D eigenvalue weighted by atomic mass is 10.0. The van der Waals surface area contributed by atoms with Crippen LogP contribution in [0.5, 0.6) is 0 Å². The molecule has 0 radical (unpaired) electrons. The third kappa shape index (κ3) is 2.72. The van der Waals surface area contributed by atoms with E-state index in [0.29, 0.717) is 22.5 Å². The van der Waals surface area contributed by atoms with E-state index in [1.54, 1.807) is 6.07 Å². The lowest BCUT2D eigenvalue weighted by Gasteiger charge is -2.27. The van der Waals surface area contributed by atoms with Crippen LogP contribution in [-0.2, 0) is 0 Å². The van der Waals surface area contributed by atoms with Gasteiger partial charge in [0, 0.05) is 22.6 Å². The van der Waals surface area contributed by atoms with Gasteiger partial charge in [-0.15, -0.1) is 0 Å². The van der Waals surface area contributed by atoms with E-state index in [0.717, 1.165) is 23.9 Å². The Balaban J connectivity index is 2.22. The summed E-state index contributed by atoms with van der Waals surface area (Å²) in [6.45, 7) is 5.20. The molecule has 18 heavy (non-hydrogen) atoms. The number of halogens is 2. The van der Waals surface area contributed by atoms with Gasteiger partial charge in [-0.25, -0.2) is 0 Å². The van der Waals surface area contributed by atoms with Gasteiger partial charge in [-0.05, 0) is 52.9 Å². The van der Waals surface area contributed by atoms with Crippen LogP contribution in [0.4, 0.5) is 0 Å². The summed E-state index contributed by atoms with van der Waals surface area (Å²) < 4.78 is 0.822. The van der Waals surface area contributed by atoms with Crippen LogP contribution in [0.15, 0.2) is 22.7 Å². The highest BCUT2D eigenvalue weighted by molar-refractivity contribution is 9.10. The standard InChI is InChI=1S/C14H17BrClNO/c1-9(2)13-4-3-7-17(13)14(18)10-5-6-11(15)12(16)8-10/h5-6,8-9,13H,3-4,7H2,1-2H3. The van der Waals surface area contributed by atoms with Gasteiger partial charge < -0.3 is 4.90 Å². The number of hydrogen-bond acceptors (Lipinski definition) is 1. The Kier molecular flexibility index (Phi) is 4.33. The number of carbonyl (C=O) groups is 1. The van der Waals surface area contributed by atoms with Gasteiger partial charge in [0.2, 0.25) is 0 Å². The number of rotatable bonds is 2. The summed E-state index contributed by atoms with van der Waals surface area (Å²) in [6, 6.07) is 5.76. The first-order valence-corrected chi connectivity index (χ1v) is 7.44. The van der Waals surface area contributed by atoms with Crippen molar-refractivity contribution in [2.45, 2.75) is 32.7 Å². The molecule has 1 unspecified atom stereocenters. The van der Waals surface area contributed by atoms with Crippen molar-refractivity contribution in [3.05, 3.63) is 33.3 Å². The van der Waals surface area contributed by atoms with E-state index in [4.69, 9.17) is 11.6 Å². The molecule has 1 saturated heterocycles. The predicted octanol–water partition coefficient (Wildman–Crippen LogP) is 4.36. The molecule has 0 spiro atoms. The molecule has 1 aliphatic heterocycles. The van der Waals surface area contributed by atoms with Gasteiger partial charge in [-0.3, -0.25) is 4.79 Å². The number of likely N-dealkylation sites (tertiary alicyclic amines) is 1. The number of carbonyl (C=O) groups excluding carboxylic acids is 1. The van der Waals surface area contributed by atoms with E-state index in [1.807, 2.05) is 17.0 Å². The first kappa shape index (κ1) is 13.9. The fourth-order valence-corrected chi connectivity index (χ4v) is 2.96. The minimum atomic E-state index is 0.0978. The molecule has 1 aliphatic rings. The van der Waals surface area contributed by atoms with Crippen molar-refractivity contribution in [2.75, 3.05) is 6.54 Å². The van der Waals surface area contributed by atoms with Gasteiger partial charge in [0.05, 0.1) is 5.02 Å². The van der Waals surface area contributed by atoms with Gasteiger partial charge in [0.15, 0.2) is 0 Å². The third-order valence-corrected chi connectivity index (χ3v) is 4.73. The van der Waals surface area contributed by atoms with Crippen molar-refractivity contribution in [3.63, 3.8) is 0 Å². The lowest BCUT2D eigenvalue weighted by molar-refractivity contribution is 0.0701. The van der Waals surface area contributed by atoms with Crippen molar-refractivity contribution in [1.29, 1.82) is 0 Å². The first-order valence-electron chi connectivity index (χ1n) is 6.26. The highest BCUT2D eigenvalue weighted by atomic mass is 79.9. The van der Waals surface area contributed by atoms with E-state index in [-0.39, 0.29) is 5.91 Å². The van der Waals surface area contributed by atoms with Crippen LogP contribution in [-0.4, -0.2) is 23.4 Å². The summed E-state index contributed by atoms with van der Waals surface area (Å²) in [6.07, 6.45) is 2.20. The lowest BCUT2D eigenvalue weighted by Crippen LogP contribution is -2.38. The minimum absolute atomic E-state index is 0.0978. The molecule has 1 amide bonds. The van der Waals surface area contributed by atoms with Crippen LogP contribution in [0.25, 0.3) is 0 Å². The molecule has 0 N–H and O–H groups in total. The van der Waals surface area contributed by atoms with Gasteiger partial charge in [-0.2, -0.15) is 0 Å². The summed E-state index contributed by atoms with van der Waals surface area (Å²) in [5, 5.41) is 0.584. The fourth-order valence-electron chi connectivity index (χ4n) is 2.53. The van der Waals surface area contributed by atoms with Gasteiger partial charge in [-0.1, -0.05) is 25.4 Å². The number of amides is 1. The molecule has 0 aliphatic carbocycles. The molecule has 1 aromatic carbocycles. The largest absolute Gasteiger partial charge is 0.335 e. The van der Waals surface area contributed by atoms with Crippen LogP contribution < -0.4 is 0 Å². The summed E-state index contributed by atoms with van der Waals surface area (Å²) in [4.78, 5) is 14.5. The Bertz CT molecular complexity index is 461. The zero-order valence-corrected chi connectivity index (χ0v) is 13.0. The molecule has 0 saturated carbocycles. The minimum Gasteiger partial charge on any atom is -0.335 e. The van der Waals surface area contributed by atoms with E-state index in [2.05, 4.69) is 29.8 Å². The first-order chi connectivity index (χ1) is 8.50. The molecule has 4 heteroatoms. The molecule has 0 bridgehead atoms. The second-order valence-corrected chi connectivity index (χ2v) is 6.34. The predicted molar refractivity (Wildman–Crippen MR) is 78.0 cm³/mol. The molecule has 1 aromatic rings. The maximum Gasteiger partial charge on any atom is 0.254 e. The SMILES string of the molecule is CC(C)C1CCCN1C(=O)c1ccc(Br)c(Cl)c1.